The first kappa shape index (κ1) is 14.8. The molecule has 0 aromatic carbocycles. The summed E-state index contributed by atoms with van der Waals surface area (Å²) < 4.78 is 36.2. The molecule has 1 rings (SSSR count). The zero-order valence-corrected chi connectivity index (χ0v) is 10.9. The monoisotopic (exact) mass is 252 g/mol. The molecular formula is C12H23F3N2. The zero-order valence-electron chi connectivity index (χ0n) is 10.9. The second-order valence-electron chi connectivity index (χ2n) is 5.81. The largest absolute Gasteiger partial charge is 0.401 e. The van der Waals surface area contributed by atoms with Gasteiger partial charge >= 0.3 is 6.18 Å². The average Bonchev–Trinajstić information content (AvgIpc) is 2.15. The van der Waals surface area contributed by atoms with Gasteiger partial charge in [0.15, 0.2) is 0 Å². The summed E-state index contributed by atoms with van der Waals surface area (Å²) in [4.78, 5) is 2.26. The number of nitrogens with zero attached hydrogens (tertiary/aromatic N) is 1. The lowest BCUT2D eigenvalue weighted by atomic mass is 9.74. The van der Waals surface area contributed by atoms with E-state index < -0.39 is 12.7 Å². The second kappa shape index (κ2) is 5.57. The van der Waals surface area contributed by atoms with Crippen LogP contribution in [0.15, 0.2) is 0 Å². The SMILES string of the molecule is CN1CCCC(C(C)(C)CNCC(F)(F)F)C1. The van der Waals surface area contributed by atoms with E-state index in [1.807, 2.05) is 0 Å². The van der Waals surface area contributed by atoms with E-state index in [0.29, 0.717) is 12.5 Å². The molecule has 2 nitrogen and oxygen atoms in total. The van der Waals surface area contributed by atoms with Crippen LogP contribution in [0.3, 0.4) is 0 Å². The second-order valence-corrected chi connectivity index (χ2v) is 5.81. The van der Waals surface area contributed by atoms with Crippen LogP contribution in [0.25, 0.3) is 0 Å². The van der Waals surface area contributed by atoms with Crippen LogP contribution in [0.2, 0.25) is 0 Å². The van der Waals surface area contributed by atoms with Gasteiger partial charge in [-0.1, -0.05) is 13.8 Å². The van der Waals surface area contributed by atoms with Crippen molar-refractivity contribution in [1.29, 1.82) is 0 Å². The van der Waals surface area contributed by atoms with E-state index in [0.717, 1.165) is 25.9 Å². The summed E-state index contributed by atoms with van der Waals surface area (Å²) in [7, 11) is 2.07. The van der Waals surface area contributed by atoms with E-state index in [4.69, 9.17) is 0 Å². The molecule has 102 valence electrons. The van der Waals surface area contributed by atoms with Crippen molar-refractivity contribution >= 4 is 0 Å². The molecule has 0 aliphatic carbocycles. The molecule has 0 aromatic heterocycles. The molecule has 0 aromatic rings. The van der Waals surface area contributed by atoms with Gasteiger partial charge in [0.25, 0.3) is 0 Å². The van der Waals surface area contributed by atoms with Crippen molar-refractivity contribution in [2.24, 2.45) is 11.3 Å². The van der Waals surface area contributed by atoms with Crippen LogP contribution in [0.1, 0.15) is 26.7 Å². The van der Waals surface area contributed by atoms with Crippen LogP contribution in [0, 0.1) is 11.3 Å². The lowest BCUT2D eigenvalue weighted by molar-refractivity contribution is -0.126. The summed E-state index contributed by atoms with van der Waals surface area (Å²) in [5.41, 5.74) is -0.0834. The Bertz CT molecular complexity index is 238. The first-order valence-corrected chi connectivity index (χ1v) is 6.17. The quantitative estimate of drug-likeness (QED) is 0.827. The predicted octanol–water partition coefficient (Wildman–Crippen LogP) is 2.51. The van der Waals surface area contributed by atoms with Crippen LogP contribution >= 0.6 is 0 Å². The van der Waals surface area contributed by atoms with Gasteiger partial charge in [-0.15, -0.1) is 0 Å². The maximum Gasteiger partial charge on any atom is 0.401 e. The highest BCUT2D eigenvalue weighted by Gasteiger charge is 2.33. The van der Waals surface area contributed by atoms with Crippen LogP contribution in [-0.2, 0) is 0 Å². The fourth-order valence-corrected chi connectivity index (χ4v) is 2.48. The number of hydrogen-bond donors (Lipinski definition) is 1. The average molecular weight is 252 g/mol. The summed E-state index contributed by atoms with van der Waals surface area (Å²) in [6.07, 6.45) is -1.85. The molecule has 0 amide bonds. The number of alkyl halides is 3. The summed E-state index contributed by atoms with van der Waals surface area (Å²) >= 11 is 0. The Morgan fingerprint density at radius 2 is 1.88 bits per heavy atom. The summed E-state index contributed by atoms with van der Waals surface area (Å²) in [6, 6.07) is 0. The molecular weight excluding hydrogens is 229 g/mol. The molecule has 5 heteroatoms. The number of likely N-dealkylation sites (tertiary alicyclic amines) is 1. The third-order valence-electron chi connectivity index (χ3n) is 3.64. The standard InChI is InChI=1S/C12H23F3N2/c1-11(2,8-16-9-12(13,14)15)10-5-4-6-17(3)7-10/h10,16H,4-9H2,1-3H3. The van der Waals surface area contributed by atoms with Crippen molar-refractivity contribution in [3.05, 3.63) is 0 Å². The van der Waals surface area contributed by atoms with Gasteiger partial charge in [0.2, 0.25) is 0 Å². The van der Waals surface area contributed by atoms with Gasteiger partial charge in [-0.05, 0) is 37.8 Å². The summed E-state index contributed by atoms with van der Waals surface area (Å²) in [5, 5.41) is 2.53. The predicted molar refractivity (Wildman–Crippen MR) is 62.9 cm³/mol. The molecule has 0 bridgehead atoms. The van der Waals surface area contributed by atoms with Crippen molar-refractivity contribution in [3.8, 4) is 0 Å². The maximum atomic E-state index is 12.1. The van der Waals surface area contributed by atoms with Gasteiger partial charge in [0.1, 0.15) is 0 Å². The van der Waals surface area contributed by atoms with Crippen molar-refractivity contribution in [2.45, 2.75) is 32.9 Å². The molecule has 1 fully saturated rings. The van der Waals surface area contributed by atoms with E-state index >= 15 is 0 Å². The molecule has 1 atom stereocenters. The van der Waals surface area contributed by atoms with E-state index in [-0.39, 0.29) is 5.41 Å². The highest BCUT2D eigenvalue weighted by Crippen LogP contribution is 2.33. The molecule has 1 saturated heterocycles. The Balaban J connectivity index is 2.39. The molecule has 1 heterocycles. The highest BCUT2D eigenvalue weighted by atomic mass is 19.4. The maximum absolute atomic E-state index is 12.1. The number of rotatable bonds is 4. The van der Waals surface area contributed by atoms with Gasteiger partial charge in [-0.2, -0.15) is 13.2 Å². The molecule has 0 spiro atoms. The first-order valence-electron chi connectivity index (χ1n) is 6.17. The van der Waals surface area contributed by atoms with E-state index in [2.05, 4.69) is 31.1 Å². The fourth-order valence-electron chi connectivity index (χ4n) is 2.48. The third-order valence-corrected chi connectivity index (χ3v) is 3.64. The number of piperidine rings is 1. The summed E-state index contributed by atoms with van der Waals surface area (Å²) in [5.74, 6) is 0.474. The third kappa shape index (κ3) is 5.25. The molecule has 17 heavy (non-hydrogen) atoms. The van der Waals surface area contributed by atoms with Gasteiger partial charge in [0, 0.05) is 13.1 Å². The molecule has 0 radical (unpaired) electrons. The van der Waals surface area contributed by atoms with E-state index in [1.165, 1.54) is 0 Å². The molecule has 1 unspecified atom stereocenters. The van der Waals surface area contributed by atoms with Gasteiger partial charge in [-0.25, -0.2) is 0 Å². The van der Waals surface area contributed by atoms with E-state index in [1.54, 1.807) is 0 Å². The lowest BCUT2D eigenvalue weighted by Crippen LogP contribution is -2.45. The highest BCUT2D eigenvalue weighted by molar-refractivity contribution is 4.85. The molecule has 1 N–H and O–H groups in total. The topological polar surface area (TPSA) is 15.3 Å². The van der Waals surface area contributed by atoms with Gasteiger partial charge < -0.3 is 10.2 Å². The number of hydrogen-bond acceptors (Lipinski definition) is 2. The minimum absolute atomic E-state index is 0.0834. The smallest absolute Gasteiger partial charge is 0.308 e. The Hall–Kier alpha value is -0.290. The normalized spacial score (nSPS) is 24.0. The molecule has 0 saturated carbocycles. The van der Waals surface area contributed by atoms with Crippen molar-refractivity contribution in [1.82, 2.24) is 10.2 Å². The van der Waals surface area contributed by atoms with Crippen molar-refractivity contribution < 1.29 is 13.2 Å². The minimum atomic E-state index is -4.11. The van der Waals surface area contributed by atoms with Crippen LogP contribution < -0.4 is 5.32 Å². The van der Waals surface area contributed by atoms with Crippen molar-refractivity contribution in [3.63, 3.8) is 0 Å². The van der Waals surface area contributed by atoms with Gasteiger partial charge in [-0.3, -0.25) is 0 Å². The zero-order chi connectivity index (χ0) is 13.1. The number of halogens is 3. The Morgan fingerprint density at radius 3 is 2.41 bits per heavy atom. The van der Waals surface area contributed by atoms with Gasteiger partial charge in [0.05, 0.1) is 6.54 Å². The Morgan fingerprint density at radius 1 is 1.24 bits per heavy atom. The Labute approximate surface area is 102 Å². The number of nitrogens with one attached hydrogen (secondary N) is 1. The van der Waals surface area contributed by atoms with Crippen molar-refractivity contribution in [2.75, 3.05) is 33.2 Å². The van der Waals surface area contributed by atoms with Crippen LogP contribution in [0.4, 0.5) is 13.2 Å². The van der Waals surface area contributed by atoms with Crippen LogP contribution in [0.5, 0.6) is 0 Å². The minimum Gasteiger partial charge on any atom is -0.308 e. The molecule has 1 aliphatic rings. The molecule has 1 aliphatic heterocycles. The lowest BCUT2D eigenvalue weighted by Gasteiger charge is -2.40. The Kier molecular flexibility index (Phi) is 4.84. The van der Waals surface area contributed by atoms with Crippen LogP contribution in [-0.4, -0.2) is 44.3 Å². The van der Waals surface area contributed by atoms with E-state index in [9.17, 15) is 13.2 Å². The fraction of sp³-hybridized carbons (Fsp3) is 1.00. The first-order chi connectivity index (χ1) is 7.71. The summed E-state index contributed by atoms with van der Waals surface area (Å²) in [6.45, 7) is 5.73.